The van der Waals surface area contributed by atoms with E-state index in [-0.39, 0.29) is 18.2 Å². The van der Waals surface area contributed by atoms with Gasteiger partial charge in [-0.2, -0.15) is 0 Å². The van der Waals surface area contributed by atoms with Crippen LogP contribution in [0, 0.1) is 5.41 Å². The average molecular weight is 204 g/mol. The molecule has 1 aromatic rings. The van der Waals surface area contributed by atoms with E-state index in [1.807, 2.05) is 12.3 Å². The Morgan fingerprint density at radius 2 is 2.33 bits per heavy atom. The Bertz CT molecular complexity index is 277. The Morgan fingerprint density at radius 3 is 2.83 bits per heavy atom. The number of nitrogens with zero attached hydrogens (tertiary/aromatic N) is 1. The van der Waals surface area contributed by atoms with Crippen molar-refractivity contribution < 1.29 is 0 Å². The van der Waals surface area contributed by atoms with Gasteiger partial charge in [0.25, 0.3) is 0 Å². The molecular formula is C7H10ClN3S. The third-order valence-corrected chi connectivity index (χ3v) is 1.97. The quantitative estimate of drug-likeness (QED) is 0.435. The highest BCUT2D eigenvalue weighted by Gasteiger charge is 1.97. The van der Waals surface area contributed by atoms with Gasteiger partial charge < -0.3 is 5.73 Å². The topological polar surface area (TPSA) is 62.8 Å². The molecule has 0 aliphatic rings. The lowest BCUT2D eigenvalue weighted by Crippen LogP contribution is -2.12. The highest BCUT2D eigenvalue weighted by molar-refractivity contribution is 7.98. The van der Waals surface area contributed by atoms with E-state index in [0.29, 0.717) is 5.69 Å². The van der Waals surface area contributed by atoms with Crippen LogP contribution in [0.4, 0.5) is 0 Å². The zero-order valence-corrected chi connectivity index (χ0v) is 8.21. The standard InChI is InChI=1S/C7H9N3S.ClH/c1-11-5-2-3-10-6(4-5)7(8)9;/h2-4H,1H3,(H3,8,9);1H. The third kappa shape index (κ3) is 2.71. The summed E-state index contributed by atoms with van der Waals surface area (Å²) in [6, 6.07) is 3.68. The Kier molecular flexibility index (Phi) is 4.70. The Balaban J connectivity index is 0.00000121. The number of hydrogen-bond donors (Lipinski definition) is 2. The molecule has 0 saturated heterocycles. The fraction of sp³-hybridized carbons (Fsp3) is 0.143. The van der Waals surface area contributed by atoms with Gasteiger partial charge in [-0.3, -0.25) is 10.4 Å². The first-order valence-corrected chi connectivity index (χ1v) is 4.31. The largest absolute Gasteiger partial charge is 0.382 e. The number of halogens is 1. The highest BCUT2D eigenvalue weighted by atomic mass is 35.5. The SMILES string of the molecule is CSc1ccnc(C(=N)N)c1.Cl. The van der Waals surface area contributed by atoms with Gasteiger partial charge in [0.15, 0.2) is 0 Å². The summed E-state index contributed by atoms with van der Waals surface area (Å²) in [6.45, 7) is 0. The van der Waals surface area contributed by atoms with E-state index < -0.39 is 0 Å². The maximum atomic E-state index is 7.11. The van der Waals surface area contributed by atoms with Crippen molar-refractivity contribution in [3.8, 4) is 0 Å². The second-order valence-corrected chi connectivity index (χ2v) is 2.87. The van der Waals surface area contributed by atoms with Gasteiger partial charge in [0.05, 0.1) is 0 Å². The van der Waals surface area contributed by atoms with Gasteiger partial charge in [-0.05, 0) is 18.4 Å². The maximum absolute atomic E-state index is 7.11. The van der Waals surface area contributed by atoms with Crippen molar-refractivity contribution in [3.05, 3.63) is 24.0 Å². The van der Waals surface area contributed by atoms with E-state index in [9.17, 15) is 0 Å². The molecule has 0 atom stereocenters. The van der Waals surface area contributed by atoms with Crippen molar-refractivity contribution in [2.45, 2.75) is 4.90 Å². The van der Waals surface area contributed by atoms with Crippen molar-refractivity contribution in [2.24, 2.45) is 5.73 Å². The van der Waals surface area contributed by atoms with Gasteiger partial charge >= 0.3 is 0 Å². The Labute approximate surface area is 81.7 Å². The minimum atomic E-state index is 0. The van der Waals surface area contributed by atoms with Crippen LogP contribution < -0.4 is 5.73 Å². The van der Waals surface area contributed by atoms with Crippen LogP contribution in [0.3, 0.4) is 0 Å². The fourth-order valence-corrected chi connectivity index (χ4v) is 1.11. The summed E-state index contributed by atoms with van der Waals surface area (Å²) < 4.78 is 0. The molecule has 0 amide bonds. The predicted molar refractivity (Wildman–Crippen MR) is 54.3 cm³/mol. The normalized spacial score (nSPS) is 8.75. The monoisotopic (exact) mass is 203 g/mol. The first-order chi connectivity index (χ1) is 5.24. The highest BCUT2D eigenvalue weighted by Crippen LogP contribution is 2.13. The van der Waals surface area contributed by atoms with Gasteiger partial charge in [0.2, 0.25) is 0 Å². The maximum Gasteiger partial charge on any atom is 0.141 e. The van der Waals surface area contributed by atoms with Crippen LogP contribution in [0.1, 0.15) is 5.69 Å². The molecule has 0 fully saturated rings. The number of rotatable bonds is 2. The zero-order valence-electron chi connectivity index (χ0n) is 6.57. The number of pyridine rings is 1. The molecule has 12 heavy (non-hydrogen) atoms. The molecule has 0 bridgehead atoms. The van der Waals surface area contributed by atoms with Crippen LogP contribution in [0.5, 0.6) is 0 Å². The molecule has 0 spiro atoms. The summed E-state index contributed by atoms with van der Waals surface area (Å²) in [6.07, 6.45) is 3.63. The zero-order chi connectivity index (χ0) is 8.27. The van der Waals surface area contributed by atoms with Crippen molar-refractivity contribution in [1.82, 2.24) is 4.98 Å². The third-order valence-electron chi connectivity index (χ3n) is 1.24. The van der Waals surface area contributed by atoms with Crippen LogP contribution in [-0.4, -0.2) is 17.1 Å². The molecule has 3 N–H and O–H groups in total. The molecule has 0 saturated carbocycles. The second kappa shape index (κ2) is 5.00. The molecule has 1 aromatic heterocycles. The Morgan fingerprint density at radius 1 is 1.67 bits per heavy atom. The van der Waals surface area contributed by atoms with E-state index in [4.69, 9.17) is 11.1 Å². The Hall–Kier alpha value is -0.740. The van der Waals surface area contributed by atoms with E-state index in [2.05, 4.69) is 4.98 Å². The summed E-state index contributed by atoms with van der Waals surface area (Å²) in [5, 5.41) is 7.11. The first-order valence-electron chi connectivity index (χ1n) is 3.08. The fourth-order valence-electron chi connectivity index (χ4n) is 0.685. The minimum absolute atomic E-state index is 0. The summed E-state index contributed by atoms with van der Waals surface area (Å²) in [5.41, 5.74) is 5.79. The predicted octanol–water partition coefficient (Wildman–Crippen LogP) is 1.51. The molecule has 0 aliphatic heterocycles. The molecule has 0 aliphatic carbocycles. The molecule has 3 nitrogen and oxygen atoms in total. The van der Waals surface area contributed by atoms with Gasteiger partial charge in [-0.25, -0.2) is 0 Å². The molecule has 0 unspecified atom stereocenters. The number of hydrogen-bond acceptors (Lipinski definition) is 3. The number of nitrogen functional groups attached to an aromatic ring is 1. The lowest BCUT2D eigenvalue weighted by Gasteiger charge is -1.98. The molecule has 1 rings (SSSR count). The van der Waals surface area contributed by atoms with Crippen molar-refractivity contribution in [3.63, 3.8) is 0 Å². The summed E-state index contributed by atoms with van der Waals surface area (Å²) in [5.74, 6) is 0.0147. The number of thioether (sulfide) groups is 1. The van der Waals surface area contributed by atoms with Crippen LogP contribution in [0.25, 0.3) is 0 Å². The van der Waals surface area contributed by atoms with E-state index >= 15 is 0 Å². The number of amidine groups is 1. The van der Waals surface area contributed by atoms with Crippen molar-refractivity contribution in [2.75, 3.05) is 6.26 Å². The molecular weight excluding hydrogens is 194 g/mol. The molecule has 0 aromatic carbocycles. The summed E-state index contributed by atoms with van der Waals surface area (Å²) >= 11 is 1.61. The average Bonchev–Trinajstić information content (AvgIpc) is 2.05. The first kappa shape index (κ1) is 11.3. The molecule has 5 heteroatoms. The van der Waals surface area contributed by atoms with Crippen molar-refractivity contribution >= 4 is 30.0 Å². The number of nitrogens with two attached hydrogens (primary N) is 1. The minimum Gasteiger partial charge on any atom is -0.382 e. The molecule has 66 valence electrons. The number of aromatic nitrogens is 1. The van der Waals surface area contributed by atoms with Gasteiger partial charge in [-0.15, -0.1) is 24.2 Å². The smallest absolute Gasteiger partial charge is 0.141 e. The van der Waals surface area contributed by atoms with Crippen LogP contribution >= 0.6 is 24.2 Å². The van der Waals surface area contributed by atoms with Crippen LogP contribution in [0.2, 0.25) is 0 Å². The second-order valence-electron chi connectivity index (χ2n) is 1.99. The molecule has 1 heterocycles. The lowest BCUT2D eigenvalue weighted by atomic mass is 10.3. The van der Waals surface area contributed by atoms with Gasteiger partial charge in [0, 0.05) is 11.1 Å². The van der Waals surface area contributed by atoms with Gasteiger partial charge in [0.1, 0.15) is 11.5 Å². The van der Waals surface area contributed by atoms with E-state index in [1.165, 1.54) is 0 Å². The lowest BCUT2D eigenvalue weighted by molar-refractivity contribution is 1.21. The van der Waals surface area contributed by atoms with Crippen LogP contribution in [0.15, 0.2) is 23.2 Å². The summed E-state index contributed by atoms with van der Waals surface area (Å²) in [4.78, 5) is 5.00. The number of nitrogens with one attached hydrogen (secondary N) is 1. The van der Waals surface area contributed by atoms with Crippen LogP contribution in [-0.2, 0) is 0 Å². The van der Waals surface area contributed by atoms with Crippen molar-refractivity contribution in [1.29, 1.82) is 5.41 Å². The summed E-state index contributed by atoms with van der Waals surface area (Å²) in [7, 11) is 0. The van der Waals surface area contributed by atoms with Gasteiger partial charge in [-0.1, -0.05) is 0 Å². The molecule has 0 radical (unpaired) electrons. The van der Waals surface area contributed by atoms with E-state index in [0.717, 1.165) is 4.90 Å². The van der Waals surface area contributed by atoms with E-state index in [1.54, 1.807) is 24.0 Å².